The number of aromatic nitrogens is 2. The molecule has 2 aromatic rings. The summed E-state index contributed by atoms with van der Waals surface area (Å²) in [5.41, 5.74) is 0.837. The van der Waals surface area contributed by atoms with Crippen LogP contribution in [0.15, 0.2) is 41.8 Å². The summed E-state index contributed by atoms with van der Waals surface area (Å²) in [6.07, 6.45) is 2.50. The number of benzene rings is 1. The lowest BCUT2D eigenvalue weighted by Crippen LogP contribution is -2.22. The molecule has 1 aromatic carbocycles. The largest absolute Gasteiger partial charge is 0.352 e. The van der Waals surface area contributed by atoms with Crippen LogP contribution in [0.5, 0.6) is 0 Å². The smallest absolute Gasteiger partial charge is 0.278 e. The summed E-state index contributed by atoms with van der Waals surface area (Å²) in [5, 5.41) is 2.64. The van der Waals surface area contributed by atoms with E-state index < -0.39 is 10.0 Å². The van der Waals surface area contributed by atoms with Crippen LogP contribution in [0.4, 0.5) is 5.69 Å². The fourth-order valence-corrected chi connectivity index (χ4v) is 2.52. The van der Waals surface area contributed by atoms with E-state index in [4.69, 9.17) is 0 Å². The first-order valence-electron chi connectivity index (χ1n) is 5.92. The molecule has 0 aliphatic rings. The molecule has 0 unspecified atom stereocenters. The van der Waals surface area contributed by atoms with Crippen LogP contribution in [0.3, 0.4) is 0 Å². The fourth-order valence-electron chi connectivity index (χ4n) is 1.55. The van der Waals surface area contributed by atoms with E-state index in [0.717, 1.165) is 0 Å². The number of rotatable bonds is 5. The predicted molar refractivity (Wildman–Crippen MR) is 73.8 cm³/mol. The second kappa shape index (κ2) is 5.74. The monoisotopic (exact) mass is 294 g/mol. The van der Waals surface area contributed by atoms with Gasteiger partial charge in [0.05, 0.1) is 12.5 Å². The van der Waals surface area contributed by atoms with Crippen molar-refractivity contribution in [2.75, 3.05) is 11.3 Å². The van der Waals surface area contributed by atoms with Crippen molar-refractivity contribution in [3.05, 3.63) is 42.4 Å². The van der Waals surface area contributed by atoms with Crippen molar-refractivity contribution in [3.8, 4) is 0 Å². The highest BCUT2D eigenvalue weighted by atomic mass is 32.2. The van der Waals surface area contributed by atoms with Gasteiger partial charge < -0.3 is 10.3 Å². The first kappa shape index (κ1) is 14.1. The Morgan fingerprint density at radius 3 is 2.55 bits per heavy atom. The summed E-state index contributed by atoms with van der Waals surface area (Å²) in [5.74, 6) is -0.199. The van der Waals surface area contributed by atoms with E-state index >= 15 is 0 Å². The molecule has 0 aliphatic carbocycles. The standard InChI is InChI=1S/C12H14N4O3S/c1-2-14-12(17)9-3-5-10(6-4-9)16-20(18,19)11-7-13-8-15-11/h3-8,16H,2H2,1H3,(H,13,15)(H,14,17). The summed E-state index contributed by atoms with van der Waals surface area (Å²) in [7, 11) is -3.68. The van der Waals surface area contributed by atoms with E-state index in [1.807, 2.05) is 6.92 Å². The number of carbonyl (C=O) groups is 1. The maximum absolute atomic E-state index is 11.9. The Bertz CT molecular complexity index is 678. The molecule has 0 radical (unpaired) electrons. The number of H-pyrrole nitrogens is 1. The highest BCUT2D eigenvalue weighted by Crippen LogP contribution is 2.14. The van der Waals surface area contributed by atoms with Gasteiger partial charge in [0.1, 0.15) is 0 Å². The number of imidazole rings is 1. The number of nitrogens with zero attached hydrogens (tertiary/aromatic N) is 1. The van der Waals surface area contributed by atoms with Crippen LogP contribution in [-0.2, 0) is 10.0 Å². The van der Waals surface area contributed by atoms with E-state index in [2.05, 4.69) is 20.0 Å². The molecule has 3 N–H and O–H groups in total. The highest BCUT2D eigenvalue weighted by molar-refractivity contribution is 7.92. The highest BCUT2D eigenvalue weighted by Gasteiger charge is 2.15. The summed E-state index contributed by atoms with van der Waals surface area (Å²) in [4.78, 5) is 17.7. The molecule has 0 atom stereocenters. The van der Waals surface area contributed by atoms with Crippen LogP contribution < -0.4 is 10.0 Å². The van der Waals surface area contributed by atoms with E-state index in [1.54, 1.807) is 12.1 Å². The maximum Gasteiger partial charge on any atom is 0.278 e. The third kappa shape index (κ3) is 3.15. The van der Waals surface area contributed by atoms with Crippen molar-refractivity contribution in [1.82, 2.24) is 15.3 Å². The molecule has 106 valence electrons. The van der Waals surface area contributed by atoms with Crippen LogP contribution in [0, 0.1) is 0 Å². The zero-order valence-electron chi connectivity index (χ0n) is 10.8. The Morgan fingerprint density at radius 1 is 1.30 bits per heavy atom. The van der Waals surface area contributed by atoms with Crippen molar-refractivity contribution >= 4 is 21.6 Å². The number of sulfonamides is 1. The third-order valence-corrected chi connectivity index (χ3v) is 3.81. The molecule has 1 amide bonds. The quantitative estimate of drug-likeness (QED) is 0.764. The van der Waals surface area contributed by atoms with Crippen LogP contribution in [-0.4, -0.2) is 30.8 Å². The number of nitrogens with one attached hydrogen (secondary N) is 3. The van der Waals surface area contributed by atoms with Gasteiger partial charge in [0.15, 0.2) is 5.03 Å². The molecule has 7 nitrogen and oxygen atoms in total. The summed E-state index contributed by atoms with van der Waals surface area (Å²) in [6, 6.07) is 6.16. The zero-order valence-corrected chi connectivity index (χ0v) is 11.6. The number of amides is 1. The summed E-state index contributed by atoms with van der Waals surface area (Å²) in [6.45, 7) is 2.36. The topological polar surface area (TPSA) is 104 Å². The van der Waals surface area contributed by atoms with E-state index in [-0.39, 0.29) is 10.9 Å². The number of anilines is 1. The van der Waals surface area contributed by atoms with Gasteiger partial charge >= 0.3 is 0 Å². The Balaban J connectivity index is 2.14. The normalized spacial score (nSPS) is 11.1. The minimum atomic E-state index is -3.68. The number of aromatic amines is 1. The van der Waals surface area contributed by atoms with Crippen LogP contribution >= 0.6 is 0 Å². The average molecular weight is 294 g/mol. The van der Waals surface area contributed by atoms with Crippen molar-refractivity contribution in [2.24, 2.45) is 0 Å². The zero-order chi connectivity index (χ0) is 14.6. The molecule has 1 heterocycles. The van der Waals surface area contributed by atoms with Gasteiger partial charge in [-0.25, -0.2) is 4.98 Å². The number of hydrogen-bond donors (Lipinski definition) is 3. The summed E-state index contributed by atoms with van der Waals surface area (Å²) >= 11 is 0. The molecule has 0 saturated carbocycles. The van der Waals surface area contributed by atoms with Crippen LogP contribution in [0.25, 0.3) is 0 Å². The van der Waals surface area contributed by atoms with Crippen molar-refractivity contribution in [3.63, 3.8) is 0 Å². The van der Waals surface area contributed by atoms with Gasteiger partial charge in [-0.2, -0.15) is 8.42 Å². The molecule has 2 rings (SSSR count). The minimum Gasteiger partial charge on any atom is -0.352 e. The van der Waals surface area contributed by atoms with Gasteiger partial charge in [-0.3, -0.25) is 9.52 Å². The molecule has 0 spiro atoms. The molecule has 0 saturated heterocycles. The van der Waals surface area contributed by atoms with Crippen LogP contribution in [0.2, 0.25) is 0 Å². The fraction of sp³-hybridized carbons (Fsp3) is 0.167. The van der Waals surface area contributed by atoms with Crippen LogP contribution in [0.1, 0.15) is 17.3 Å². The predicted octanol–water partition coefficient (Wildman–Crippen LogP) is 0.960. The molecule has 0 aliphatic heterocycles. The van der Waals surface area contributed by atoms with Gasteiger partial charge in [-0.05, 0) is 31.2 Å². The Labute approximate surface area is 116 Å². The Kier molecular flexibility index (Phi) is 4.04. The Hall–Kier alpha value is -2.35. The summed E-state index contributed by atoms with van der Waals surface area (Å²) < 4.78 is 26.2. The number of hydrogen-bond acceptors (Lipinski definition) is 4. The maximum atomic E-state index is 11.9. The number of carbonyl (C=O) groups excluding carboxylic acids is 1. The van der Waals surface area contributed by atoms with Crippen molar-refractivity contribution < 1.29 is 13.2 Å². The van der Waals surface area contributed by atoms with Gasteiger partial charge in [-0.1, -0.05) is 0 Å². The molecule has 0 bridgehead atoms. The van der Waals surface area contributed by atoms with Crippen molar-refractivity contribution in [1.29, 1.82) is 0 Å². The van der Waals surface area contributed by atoms with Gasteiger partial charge in [0, 0.05) is 17.8 Å². The van der Waals surface area contributed by atoms with Gasteiger partial charge in [0.25, 0.3) is 15.9 Å². The van der Waals surface area contributed by atoms with Gasteiger partial charge in [0.2, 0.25) is 0 Å². The SMILES string of the molecule is CCNC(=O)c1ccc(NS(=O)(=O)c2cnc[nH]2)cc1. The van der Waals surface area contributed by atoms with Gasteiger partial charge in [-0.15, -0.1) is 0 Å². The molecular formula is C12H14N4O3S. The molecule has 20 heavy (non-hydrogen) atoms. The second-order valence-electron chi connectivity index (χ2n) is 3.96. The minimum absolute atomic E-state index is 0.0229. The first-order valence-corrected chi connectivity index (χ1v) is 7.40. The molecule has 8 heteroatoms. The lowest BCUT2D eigenvalue weighted by molar-refractivity contribution is 0.0956. The second-order valence-corrected chi connectivity index (χ2v) is 5.61. The molecule has 1 aromatic heterocycles. The van der Waals surface area contributed by atoms with Crippen molar-refractivity contribution in [2.45, 2.75) is 11.9 Å². The lowest BCUT2D eigenvalue weighted by Gasteiger charge is -2.07. The third-order valence-electron chi connectivity index (χ3n) is 2.50. The molecule has 0 fully saturated rings. The first-order chi connectivity index (χ1) is 9.53. The van der Waals surface area contributed by atoms with E-state index in [1.165, 1.54) is 24.7 Å². The van der Waals surface area contributed by atoms with E-state index in [0.29, 0.717) is 17.8 Å². The lowest BCUT2D eigenvalue weighted by atomic mass is 10.2. The molecular weight excluding hydrogens is 280 g/mol. The van der Waals surface area contributed by atoms with E-state index in [9.17, 15) is 13.2 Å². The average Bonchev–Trinajstić information content (AvgIpc) is 2.94. The Morgan fingerprint density at radius 2 is 2.00 bits per heavy atom.